The van der Waals surface area contributed by atoms with E-state index in [1.165, 1.54) is 0 Å². The van der Waals surface area contributed by atoms with Gasteiger partial charge in [0.25, 0.3) is 5.91 Å². The molecule has 3 rings (SSSR count). The summed E-state index contributed by atoms with van der Waals surface area (Å²) in [5, 5.41) is 6.85. The van der Waals surface area contributed by atoms with E-state index in [1.54, 1.807) is 18.3 Å². The van der Waals surface area contributed by atoms with Crippen molar-refractivity contribution in [1.29, 1.82) is 0 Å². The number of ether oxygens (including phenoxy) is 1. The lowest BCUT2D eigenvalue weighted by atomic mass is 10.0. The molecule has 4 nitrogen and oxygen atoms in total. The fourth-order valence-electron chi connectivity index (χ4n) is 2.69. The van der Waals surface area contributed by atoms with Gasteiger partial charge in [-0.1, -0.05) is 48.5 Å². The number of nitrogens with one attached hydrogen (secondary N) is 1. The molecule has 0 bridgehead atoms. The molecule has 1 N–H and O–H groups in total. The van der Waals surface area contributed by atoms with Crippen molar-refractivity contribution in [3.8, 4) is 11.1 Å². The fourth-order valence-corrected chi connectivity index (χ4v) is 3.39. The van der Waals surface area contributed by atoms with E-state index in [2.05, 4.69) is 5.32 Å². The molecule has 0 unspecified atom stereocenters. The van der Waals surface area contributed by atoms with Crippen molar-refractivity contribution in [1.82, 2.24) is 0 Å². The zero-order chi connectivity index (χ0) is 19.1. The van der Waals surface area contributed by atoms with E-state index in [-0.39, 0.29) is 18.3 Å². The third kappa shape index (κ3) is 5.28. The number of para-hydroxylation sites is 1. The molecule has 0 spiro atoms. The second-order valence-corrected chi connectivity index (χ2v) is 6.94. The molecule has 1 heterocycles. The highest BCUT2D eigenvalue weighted by Crippen LogP contribution is 2.27. The van der Waals surface area contributed by atoms with E-state index in [0.717, 1.165) is 16.7 Å². The Labute approximate surface area is 162 Å². The van der Waals surface area contributed by atoms with Gasteiger partial charge in [-0.3, -0.25) is 9.59 Å². The molecular formula is C22H21NO3S. The third-order valence-electron chi connectivity index (χ3n) is 4.15. The van der Waals surface area contributed by atoms with E-state index in [1.807, 2.05) is 71.4 Å². The molecule has 1 amide bonds. The quantitative estimate of drug-likeness (QED) is 0.593. The molecule has 0 saturated heterocycles. The van der Waals surface area contributed by atoms with Crippen LogP contribution in [0, 0.1) is 0 Å². The smallest absolute Gasteiger partial charge is 0.306 e. The molecular weight excluding hydrogens is 358 g/mol. The van der Waals surface area contributed by atoms with Crippen LogP contribution in [0.4, 0.5) is 5.69 Å². The van der Waals surface area contributed by atoms with Gasteiger partial charge < -0.3 is 10.1 Å². The molecule has 0 radical (unpaired) electrons. The minimum absolute atomic E-state index is 0.259. The molecule has 2 aromatic carbocycles. The predicted octanol–water partition coefficient (Wildman–Crippen LogP) is 4.92. The number of anilines is 1. The Morgan fingerprint density at radius 2 is 1.78 bits per heavy atom. The molecule has 27 heavy (non-hydrogen) atoms. The second-order valence-electron chi connectivity index (χ2n) is 6.16. The lowest BCUT2D eigenvalue weighted by molar-refractivity contribution is -0.153. The van der Waals surface area contributed by atoms with Crippen molar-refractivity contribution in [3.63, 3.8) is 0 Å². The van der Waals surface area contributed by atoms with Crippen molar-refractivity contribution in [2.75, 3.05) is 5.32 Å². The van der Waals surface area contributed by atoms with Gasteiger partial charge in [-0.05, 0) is 47.4 Å². The number of benzene rings is 2. The summed E-state index contributed by atoms with van der Waals surface area (Å²) in [5.41, 5.74) is 3.72. The van der Waals surface area contributed by atoms with Gasteiger partial charge in [-0.15, -0.1) is 0 Å². The van der Waals surface area contributed by atoms with Gasteiger partial charge in [-0.25, -0.2) is 0 Å². The fraction of sp³-hybridized carbons (Fsp3) is 0.182. The van der Waals surface area contributed by atoms with Crippen LogP contribution in [0.15, 0.2) is 71.4 Å². The maximum atomic E-state index is 12.5. The number of hydrogen-bond acceptors (Lipinski definition) is 4. The van der Waals surface area contributed by atoms with Gasteiger partial charge in [0.15, 0.2) is 6.10 Å². The number of thiophene rings is 1. The van der Waals surface area contributed by atoms with Gasteiger partial charge in [0.05, 0.1) is 0 Å². The van der Waals surface area contributed by atoms with Crippen molar-refractivity contribution in [3.05, 3.63) is 77.0 Å². The molecule has 1 atom stereocenters. The highest BCUT2D eigenvalue weighted by Gasteiger charge is 2.19. The normalized spacial score (nSPS) is 11.6. The summed E-state index contributed by atoms with van der Waals surface area (Å²) < 4.78 is 5.28. The Morgan fingerprint density at radius 1 is 1.04 bits per heavy atom. The van der Waals surface area contributed by atoms with E-state index >= 15 is 0 Å². The van der Waals surface area contributed by atoms with Crippen LogP contribution in [0.2, 0.25) is 0 Å². The average Bonchev–Trinajstić information content (AvgIpc) is 3.21. The van der Waals surface area contributed by atoms with E-state index in [4.69, 9.17) is 4.74 Å². The third-order valence-corrected chi connectivity index (χ3v) is 4.88. The average molecular weight is 379 g/mol. The van der Waals surface area contributed by atoms with Crippen LogP contribution in [0.1, 0.15) is 18.9 Å². The molecule has 1 aromatic heterocycles. The Kier molecular flexibility index (Phi) is 6.39. The number of carbonyl (C=O) groups is 2. The number of carbonyl (C=O) groups excluding carboxylic acids is 2. The summed E-state index contributed by atoms with van der Waals surface area (Å²) in [6.07, 6.45) is 0.0199. The maximum absolute atomic E-state index is 12.5. The Morgan fingerprint density at radius 3 is 2.52 bits per heavy atom. The molecule has 5 heteroatoms. The van der Waals surface area contributed by atoms with Crippen LogP contribution in [-0.2, 0) is 20.7 Å². The van der Waals surface area contributed by atoms with Gasteiger partial charge >= 0.3 is 5.97 Å². The van der Waals surface area contributed by atoms with Crippen LogP contribution < -0.4 is 5.32 Å². The first-order valence-corrected chi connectivity index (χ1v) is 9.73. The summed E-state index contributed by atoms with van der Waals surface area (Å²) in [6, 6.07) is 19.4. The number of rotatable bonds is 7. The number of hydrogen-bond donors (Lipinski definition) is 1. The molecule has 0 saturated carbocycles. The van der Waals surface area contributed by atoms with Crippen LogP contribution in [0.25, 0.3) is 11.1 Å². The maximum Gasteiger partial charge on any atom is 0.306 e. The number of esters is 1. The lowest BCUT2D eigenvalue weighted by Crippen LogP contribution is -2.30. The minimum atomic E-state index is -0.858. The highest BCUT2D eigenvalue weighted by molar-refractivity contribution is 7.07. The molecule has 138 valence electrons. The monoisotopic (exact) mass is 379 g/mol. The molecule has 3 aromatic rings. The topological polar surface area (TPSA) is 55.4 Å². The van der Waals surface area contributed by atoms with Crippen LogP contribution in [0.5, 0.6) is 0 Å². The standard InChI is InChI=1S/C22H21NO3S/c1-16(26-21(24)12-11-17-13-14-27-15-17)22(25)23-20-10-6-5-9-19(20)18-7-3-2-4-8-18/h2-10,13-16H,11-12H2,1H3,(H,23,25)/t16-/m1/s1. The van der Waals surface area contributed by atoms with Gasteiger partial charge in [0, 0.05) is 17.7 Å². The van der Waals surface area contributed by atoms with Crippen molar-refractivity contribution in [2.24, 2.45) is 0 Å². The Bertz CT molecular complexity index is 891. The number of aryl methyl sites for hydroxylation is 1. The van der Waals surface area contributed by atoms with E-state index < -0.39 is 6.10 Å². The first-order chi connectivity index (χ1) is 13.1. The van der Waals surface area contributed by atoms with Crippen LogP contribution in [0.3, 0.4) is 0 Å². The van der Waals surface area contributed by atoms with Crippen LogP contribution in [-0.4, -0.2) is 18.0 Å². The Balaban J connectivity index is 1.59. The first-order valence-electron chi connectivity index (χ1n) is 8.79. The zero-order valence-electron chi connectivity index (χ0n) is 15.1. The summed E-state index contributed by atoms with van der Waals surface area (Å²) in [7, 11) is 0. The van der Waals surface area contributed by atoms with Crippen molar-refractivity contribution in [2.45, 2.75) is 25.9 Å². The molecule has 0 aliphatic carbocycles. The predicted molar refractivity (Wildman–Crippen MR) is 109 cm³/mol. The summed E-state index contributed by atoms with van der Waals surface area (Å²) in [6.45, 7) is 1.59. The first kappa shape index (κ1) is 18.9. The number of amides is 1. The largest absolute Gasteiger partial charge is 0.453 e. The second kappa shape index (κ2) is 9.14. The molecule has 0 fully saturated rings. The molecule has 0 aliphatic heterocycles. The van der Waals surface area contributed by atoms with Gasteiger partial charge in [-0.2, -0.15) is 11.3 Å². The van der Waals surface area contributed by atoms with Crippen LogP contribution >= 0.6 is 11.3 Å². The summed E-state index contributed by atoms with van der Waals surface area (Å²) >= 11 is 1.59. The van der Waals surface area contributed by atoms with Gasteiger partial charge in [0.1, 0.15) is 0 Å². The zero-order valence-corrected chi connectivity index (χ0v) is 15.9. The van der Waals surface area contributed by atoms with Crippen molar-refractivity contribution >= 4 is 28.9 Å². The summed E-state index contributed by atoms with van der Waals surface area (Å²) in [4.78, 5) is 24.5. The minimum Gasteiger partial charge on any atom is -0.453 e. The van der Waals surface area contributed by atoms with E-state index in [9.17, 15) is 9.59 Å². The van der Waals surface area contributed by atoms with E-state index in [0.29, 0.717) is 12.1 Å². The lowest BCUT2D eigenvalue weighted by Gasteiger charge is -2.16. The summed E-state index contributed by atoms with van der Waals surface area (Å²) in [5.74, 6) is -0.720. The SMILES string of the molecule is C[C@@H](OC(=O)CCc1ccsc1)C(=O)Nc1ccccc1-c1ccccc1. The highest BCUT2D eigenvalue weighted by atomic mass is 32.1. The molecule has 0 aliphatic rings. The van der Waals surface area contributed by atoms with Crippen molar-refractivity contribution < 1.29 is 14.3 Å². The Hall–Kier alpha value is -2.92. The van der Waals surface area contributed by atoms with Gasteiger partial charge in [0.2, 0.25) is 0 Å².